The molecule has 3 unspecified atom stereocenters. The highest BCUT2D eigenvalue weighted by atomic mass is 16.2. The molecular formula is C16H30N2O2. The van der Waals surface area contributed by atoms with E-state index in [4.69, 9.17) is 0 Å². The lowest BCUT2D eigenvalue weighted by atomic mass is 9.93. The molecule has 0 aliphatic carbocycles. The second-order valence-corrected chi connectivity index (χ2v) is 6.36. The average molecular weight is 282 g/mol. The predicted octanol–water partition coefficient (Wildman–Crippen LogP) is 2.57. The van der Waals surface area contributed by atoms with Crippen LogP contribution in [0.15, 0.2) is 0 Å². The third-order valence-corrected chi connectivity index (χ3v) is 4.31. The molecule has 1 saturated heterocycles. The summed E-state index contributed by atoms with van der Waals surface area (Å²) in [4.78, 5) is 26.6. The van der Waals surface area contributed by atoms with Crippen molar-refractivity contribution in [3.8, 4) is 0 Å². The molecule has 0 radical (unpaired) electrons. The molecule has 1 heterocycles. The fourth-order valence-corrected chi connectivity index (χ4v) is 2.75. The van der Waals surface area contributed by atoms with Crippen molar-refractivity contribution in [1.29, 1.82) is 0 Å². The number of nitrogens with one attached hydrogen (secondary N) is 1. The maximum Gasteiger partial charge on any atom is 0.246 e. The predicted molar refractivity (Wildman–Crippen MR) is 81.2 cm³/mol. The average Bonchev–Trinajstić information content (AvgIpc) is 2.41. The van der Waals surface area contributed by atoms with Crippen LogP contribution in [0.1, 0.15) is 60.3 Å². The summed E-state index contributed by atoms with van der Waals surface area (Å²) in [6.45, 7) is 11.1. The Morgan fingerprint density at radius 1 is 1.20 bits per heavy atom. The van der Waals surface area contributed by atoms with Crippen LogP contribution in [-0.4, -0.2) is 35.3 Å². The van der Waals surface area contributed by atoms with Crippen molar-refractivity contribution in [1.82, 2.24) is 10.2 Å². The number of amides is 2. The van der Waals surface area contributed by atoms with Crippen molar-refractivity contribution < 1.29 is 9.59 Å². The van der Waals surface area contributed by atoms with Gasteiger partial charge in [0, 0.05) is 6.54 Å². The van der Waals surface area contributed by atoms with Gasteiger partial charge in [-0.15, -0.1) is 0 Å². The second kappa shape index (κ2) is 7.65. The Bertz CT molecular complexity index is 341. The summed E-state index contributed by atoms with van der Waals surface area (Å²) in [6, 6.07) is -0.621. The van der Waals surface area contributed by atoms with Gasteiger partial charge in [0.05, 0.1) is 0 Å². The van der Waals surface area contributed by atoms with Gasteiger partial charge in [0.1, 0.15) is 12.1 Å². The zero-order valence-corrected chi connectivity index (χ0v) is 13.6. The molecule has 2 amide bonds. The molecule has 1 aliphatic heterocycles. The minimum Gasteiger partial charge on any atom is -0.342 e. The lowest BCUT2D eigenvalue weighted by Gasteiger charge is -2.40. The van der Waals surface area contributed by atoms with E-state index in [0.717, 1.165) is 19.3 Å². The number of carbonyl (C=O) groups excluding carboxylic acids is 2. The first kappa shape index (κ1) is 17.0. The smallest absolute Gasteiger partial charge is 0.246 e. The van der Waals surface area contributed by atoms with Crippen LogP contribution in [0.4, 0.5) is 0 Å². The van der Waals surface area contributed by atoms with Crippen molar-refractivity contribution in [3.05, 3.63) is 0 Å². The van der Waals surface area contributed by atoms with E-state index in [1.165, 1.54) is 0 Å². The van der Waals surface area contributed by atoms with E-state index in [-0.39, 0.29) is 29.8 Å². The highest BCUT2D eigenvalue weighted by Crippen LogP contribution is 2.20. The van der Waals surface area contributed by atoms with Crippen molar-refractivity contribution in [2.75, 3.05) is 6.54 Å². The lowest BCUT2D eigenvalue weighted by Crippen LogP contribution is -2.64. The van der Waals surface area contributed by atoms with Gasteiger partial charge in [-0.1, -0.05) is 41.0 Å². The highest BCUT2D eigenvalue weighted by Gasteiger charge is 2.40. The van der Waals surface area contributed by atoms with Crippen molar-refractivity contribution in [2.24, 2.45) is 11.8 Å². The van der Waals surface area contributed by atoms with Gasteiger partial charge in [-0.05, 0) is 31.1 Å². The molecule has 4 heteroatoms. The first-order valence-corrected chi connectivity index (χ1v) is 8.03. The third kappa shape index (κ3) is 3.97. The van der Waals surface area contributed by atoms with E-state index in [9.17, 15) is 9.59 Å². The van der Waals surface area contributed by atoms with E-state index in [0.29, 0.717) is 18.9 Å². The van der Waals surface area contributed by atoms with Crippen LogP contribution in [0.25, 0.3) is 0 Å². The molecule has 1 N–H and O–H groups in total. The van der Waals surface area contributed by atoms with Crippen LogP contribution in [0.5, 0.6) is 0 Å². The fraction of sp³-hybridized carbons (Fsp3) is 0.875. The number of nitrogens with zero attached hydrogens (tertiary/aromatic N) is 1. The molecule has 0 spiro atoms. The molecule has 0 aromatic heterocycles. The minimum atomic E-state index is -0.339. The maximum absolute atomic E-state index is 12.6. The van der Waals surface area contributed by atoms with E-state index in [1.54, 1.807) is 0 Å². The Morgan fingerprint density at radius 3 is 2.35 bits per heavy atom. The SMILES string of the molecule is CCC(C)C1NC(=O)C(CC)N(CCCC(C)C)C1=O. The molecule has 116 valence electrons. The summed E-state index contributed by atoms with van der Waals surface area (Å²) < 4.78 is 0. The Hall–Kier alpha value is -1.06. The van der Waals surface area contributed by atoms with Crippen molar-refractivity contribution in [3.63, 3.8) is 0 Å². The molecule has 4 nitrogen and oxygen atoms in total. The Morgan fingerprint density at radius 2 is 1.85 bits per heavy atom. The number of hydrogen-bond acceptors (Lipinski definition) is 2. The van der Waals surface area contributed by atoms with E-state index >= 15 is 0 Å². The van der Waals surface area contributed by atoms with E-state index < -0.39 is 0 Å². The van der Waals surface area contributed by atoms with Gasteiger partial charge in [0.25, 0.3) is 0 Å². The van der Waals surface area contributed by atoms with Crippen LogP contribution in [0.3, 0.4) is 0 Å². The van der Waals surface area contributed by atoms with Crippen LogP contribution in [-0.2, 0) is 9.59 Å². The quantitative estimate of drug-likeness (QED) is 0.780. The van der Waals surface area contributed by atoms with E-state index in [1.807, 2.05) is 18.7 Å². The summed E-state index contributed by atoms with van der Waals surface area (Å²) in [6.07, 6.45) is 3.65. The van der Waals surface area contributed by atoms with Crippen LogP contribution >= 0.6 is 0 Å². The highest BCUT2D eigenvalue weighted by molar-refractivity contribution is 5.97. The van der Waals surface area contributed by atoms with Crippen LogP contribution in [0.2, 0.25) is 0 Å². The maximum atomic E-state index is 12.6. The van der Waals surface area contributed by atoms with Crippen molar-refractivity contribution in [2.45, 2.75) is 72.4 Å². The molecule has 0 bridgehead atoms. The molecule has 0 saturated carbocycles. The zero-order valence-electron chi connectivity index (χ0n) is 13.6. The first-order chi connectivity index (χ1) is 9.42. The molecule has 0 aromatic carbocycles. The lowest BCUT2D eigenvalue weighted by molar-refractivity contribution is -0.151. The summed E-state index contributed by atoms with van der Waals surface area (Å²) >= 11 is 0. The summed E-state index contributed by atoms with van der Waals surface area (Å²) in [7, 11) is 0. The number of carbonyl (C=O) groups is 2. The summed E-state index contributed by atoms with van der Waals surface area (Å²) in [5.74, 6) is 0.947. The standard InChI is InChI=1S/C16H30N2O2/c1-6-12(5)14-16(20)18(10-8-9-11(3)4)13(7-2)15(19)17-14/h11-14H,6-10H2,1-5H3,(H,17,19). The topological polar surface area (TPSA) is 49.4 Å². The van der Waals surface area contributed by atoms with Gasteiger partial charge in [-0.25, -0.2) is 0 Å². The fourth-order valence-electron chi connectivity index (χ4n) is 2.75. The number of piperazine rings is 1. The molecule has 1 fully saturated rings. The van der Waals surface area contributed by atoms with E-state index in [2.05, 4.69) is 26.1 Å². The second-order valence-electron chi connectivity index (χ2n) is 6.36. The van der Waals surface area contributed by atoms with Gasteiger partial charge >= 0.3 is 0 Å². The van der Waals surface area contributed by atoms with Gasteiger partial charge < -0.3 is 10.2 Å². The largest absolute Gasteiger partial charge is 0.342 e. The number of hydrogen-bond donors (Lipinski definition) is 1. The zero-order chi connectivity index (χ0) is 15.3. The summed E-state index contributed by atoms with van der Waals surface area (Å²) in [5, 5.41) is 2.92. The van der Waals surface area contributed by atoms with Gasteiger partial charge in [-0.2, -0.15) is 0 Å². The van der Waals surface area contributed by atoms with Gasteiger partial charge in [0.2, 0.25) is 11.8 Å². The molecular weight excluding hydrogens is 252 g/mol. The third-order valence-electron chi connectivity index (χ3n) is 4.31. The molecule has 3 atom stereocenters. The minimum absolute atomic E-state index is 0.0157. The van der Waals surface area contributed by atoms with Gasteiger partial charge in [0.15, 0.2) is 0 Å². The monoisotopic (exact) mass is 282 g/mol. The molecule has 1 aliphatic rings. The first-order valence-electron chi connectivity index (χ1n) is 8.03. The number of rotatable bonds is 7. The van der Waals surface area contributed by atoms with Gasteiger partial charge in [-0.3, -0.25) is 9.59 Å². The van der Waals surface area contributed by atoms with Crippen molar-refractivity contribution >= 4 is 11.8 Å². The Labute approximate surface area is 123 Å². The molecule has 1 rings (SSSR count). The Kier molecular flexibility index (Phi) is 6.50. The molecule has 0 aromatic rings. The summed E-state index contributed by atoms with van der Waals surface area (Å²) in [5.41, 5.74) is 0. The Balaban J connectivity index is 2.78. The van der Waals surface area contributed by atoms with Crippen LogP contribution in [0, 0.1) is 11.8 Å². The normalized spacial score (nSPS) is 25.0. The molecule has 20 heavy (non-hydrogen) atoms. The van der Waals surface area contributed by atoms with Crippen LogP contribution < -0.4 is 5.32 Å².